The third-order valence-electron chi connectivity index (χ3n) is 1.89. The van der Waals surface area contributed by atoms with Crippen molar-refractivity contribution >= 4 is 34.6 Å². The molecule has 0 fully saturated rings. The van der Waals surface area contributed by atoms with Crippen LogP contribution in [0.15, 0.2) is 0 Å². The molecule has 0 amide bonds. The maximum Gasteiger partial charge on any atom is 0.242 e. The number of ether oxygens (including phenoxy) is 1. The first kappa shape index (κ1) is 13.9. The number of nitrogens with zero attached hydrogens (tertiary/aromatic N) is 2. The number of aromatic nitrogens is 2. The fraction of sp³-hybridized carbons (Fsp3) is 0.500. The van der Waals surface area contributed by atoms with Crippen LogP contribution in [0.3, 0.4) is 0 Å². The molecule has 5 nitrogen and oxygen atoms in total. The molecule has 1 aromatic rings. The first-order chi connectivity index (χ1) is 7.95. The molecule has 0 aliphatic carbocycles. The van der Waals surface area contributed by atoms with Crippen molar-refractivity contribution in [3.8, 4) is 5.88 Å². The van der Waals surface area contributed by atoms with Crippen molar-refractivity contribution in [3.63, 3.8) is 0 Å². The fourth-order valence-corrected chi connectivity index (χ4v) is 1.47. The van der Waals surface area contributed by atoms with Crippen molar-refractivity contribution in [2.75, 3.05) is 11.9 Å². The largest absolute Gasteiger partial charge is 0.476 e. The number of nitrogens with one attached hydrogen (secondary N) is 1. The maximum atomic E-state index is 6.05. The zero-order valence-electron chi connectivity index (χ0n) is 9.95. The van der Waals surface area contributed by atoms with Gasteiger partial charge in [0.1, 0.15) is 11.5 Å². The standard InChI is InChI=1S/C10H15ClN4OS/c1-4-16-9-6(13-10(12)17)7(11)14-8(15-9)5(2)3/h5H,4H2,1-3H3,(H3,12,13,17). The Morgan fingerprint density at radius 2 is 2.18 bits per heavy atom. The number of halogens is 1. The first-order valence-electron chi connectivity index (χ1n) is 5.22. The third kappa shape index (κ3) is 3.67. The van der Waals surface area contributed by atoms with Crippen molar-refractivity contribution in [1.29, 1.82) is 0 Å². The summed E-state index contributed by atoms with van der Waals surface area (Å²) in [5, 5.41) is 3.06. The normalized spacial score (nSPS) is 10.4. The van der Waals surface area contributed by atoms with Gasteiger partial charge in [-0.25, -0.2) is 4.98 Å². The Morgan fingerprint density at radius 1 is 1.53 bits per heavy atom. The summed E-state index contributed by atoms with van der Waals surface area (Å²) < 4.78 is 5.40. The summed E-state index contributed by atoms with van der Waals surface area (Å²) in [5.41, 5.74) is 5.81. The summed E-state index contributed by atoms with van der Waals surface area (Å²) in [6.45, 7) is 6.27. The summed E-state index contributed by atoms with van der Waals surface area (Å²) >= 11 is 10.8. The van der Waals surface area contributed by atoms with Crippen LogP contribution in [-0.2, 0) is 0 Å². The molecular formula is C10H15ClN4OS. The van der Waals surface area contributed by atoms with E-state index in [0.29, 0.717) is 24.0 Å². The van der Waals surface area contributed by atoms with E-state index in [1.54, 1.807) is 0 Å². The van der Waals surface area contributed by atoms with Gasteiger partial charge in [-0.05, 0) is 19.1 Å². The van der Waals surface area contributed by atoms with Gasteiger partial charge in [0.05, 0.1) is 6.61 Å². The molecule has 0 saturated heterocycles. The van der Waals surface area contributed by atoms with Crippen LogP contribution >= 0.6 is 23.8 Å². The van der Waals surface area contributed by atoms with E-state index in [-0.39, 0.29) is 16.2 Å². The van der Waals surface area contributed by atoms with Gasteiger partial charge in [0.2, 0.25) is 5.88 Å². The number of hydrogen-bond acceptors (Lipinski definition) is 4. The molecule has 0 atom stereocenters. The molecule has 1 aromatic heterocycles. The van der Waals surface area contributed by atoms with Gasteiger partial charge in [0.15, 0.2) is 10.3 Å². The Balaban J connectivity index is 3.22. The summed E-state index contributed by atoms with van der Waals surface area (Å²) in [7, 11) is 0. The van der Waals surface area contributed by atoms with E-state index in [1.807, 2.05) is 20.8 Å². The van der Waals surface area contributed by atoms with Gasteiger partial charge in [0, 0.05) is 5.92 Å². The monoisotopic (exact) mass is 274 g/mol. The van der Waals surface area contributed by atoms with E-state index in [9.17, 15) is 0 Å². The highest BCUT2D eigenvalue weighted by atomic mass is 35.5. The van der Waals surface area contributed by atoms with Crippen molar-refractivity contribution in [3.05, 3.63) is 11.0 Å². The number of hydrogen-bond donors (Lipinski definition) is 2. The SMILES string of the molecule is CCOc1nc(C(C)C)nc(Cl)c1NC(N)=S. The molecule has 7 heteroatoms. The van der Waals surface area contributed by atoms with Crippen LogP contribution in [0.1, 0.15) is 32.5 Å². The molecule has 0 radical (unpaired) electrons. The van der Waals surface area contributed by atoms with Crippen LogP contribution in [0, 0.1) is 0 Å². The summed E-state index contributed by atoms with van der Waals surface area (Å²) in [6.07, 6.45) is 0. The molecule has 17 heavy (non-hydrogen) atoms. The van der Waals surface area contributed by atoms with E-state index in [0.717, 1.165) is 0 Å². The van der Waals surface area contributed by atoms with Crippen LogP contribution < -0.4 is 15.8 Å². The molecule has 0 aromatic carbocycles. The minimum absolute atomic E-state index is 0.0914. The Morgan fingerprint density at radius 3 is 2.65 bits per heavy atom. The van der Waals surface area contributed by atoms with Gasteiger partial charge in [-0.15, -0.1) is 0 Å². The van der Waals surface area contributed by atoms with Gasteiger partial charge < -0.3 is 15.8 Å². The molecule has 94 valence electrons. The smallest absolute Gasteiger partial charge is 0.242 e. The maximum absolute atomic E-state index is 6.05. The Bertz CT molecular complexity index is 425. The zero-order valence-corrected chi connectivity index (χ0v) is 11.5. The highest BCUT2D eigenvalue weighted by Gasteiger charge is 2.16. The Hall–Kier alpha value is -1.14. The first-order valence-corrected chi connectivity index (χ1v) is 6.01. The number of nitrogens with two attached hydrogens (primary N) is 1. The minimum atomic E-state index is 0.0914. The Kier molecular flexibility index (Phi) is 4.89. The van der Waals surface area contributed by atoms with Gasteiger partial charge in [-0.3, -0.25) is 0 Å². The number of rotatable bonds is 4. The molecule has 0 bridgehead atoms. The highest BCUT2D eigenvalue weighted by Crippen LogP contribution is 2.30. The van der Waals surface area contributed by atoms with Crippen molar-refractivity contribution in [2.24, 2.45) is 5.73 Å². The molecular weight excluding hydrogens is 260 g/mol. The van der Waals surface area contributed by atoms with E-state index in [1.165, 1.54) is 0 Å². The van der Waals surface area contributed by atoms with E-state index in [2.05, 4.69) is 15.3 Å². The lowest BCUT2D eigenvalue weighted by molar-refractivity contribution is 0.326. The molecule has 3 N–H and O–H groups in total. The van der Waals surface area contributed by atoms with Crippen molar-refractivity contribution < 1.29 is 4.74 Å². The van der Waals surface area contributed by atoms with E-state index < -0.39 is 0 Å². The van der Waals surface area contributed by atoms with Crippen LogP contribution in [0.25, 0.3) is 0 Å². The summed E-state index contributed by atoms with van der Waals surface area (Å²) in [4.78, 5) is 8.45. The molecule has 1 heterocycles. The van der Waals surface area contributed by atoms with Crippen LogP contribution in [0.5, 0.6) is 5.88 Å². The zero-order chi connectivity index (χ0) is 13.0. The van der Waals surface area contributed by atoms with Crippen molar-refractivity contribution in [1.82, 2.24) is 9.97 Å². The lowest BCUT2D eigenvalue weighted by atomic mass is 10.2. The quantitative estimate of drug-likeness (QED) is 0.648. The fourth-order valence-electron chi connectivity index (χ4n) is 1.16. The second-order valence-corrected chi connectivity index (χ2v) is 4.43. The van der Waals surface area contributed by atoms with Gasteiger partial charge in [-0.2, -0.15) is 4.98 Å². The van der Waals surface area contributed by atoms with E-state index >= 15 is 0 Å². The van der Waals surface area contributed by atoms with Gasteiger partial charge >= 0.3 is 0 Å². The number of anilines is 1. The van der Waals surface area contributed by atoms with Crippen LogP contribution in [-0.4, -0.2) is 21.7 Å². The molecule has 0 saturated carbocycles. The topological polar surface area (TPSA) is 73.1 Å². The minimum Gasteiger partial charge on any atom is -0.476 e. The van der Waals surface area contributed by atoms with Crippen LogP contribution in [0.2, 0.25) is 5.15 Å². The lowest BCUT2D eigenvalue weighted by Crippen LogP contribution is -2.21. The summed E-state index contributed by atoms with van der Waals surface area (Å²) in [5.74, 6) is 1.14. The molecule has 0 aliphatic heterocycles. The Labute approximate surface area is 111 Å². The van der Waals surface area contributed by atoms with E-state index in [4.69, 9.17) is 34.3 Å². The van der Waals surface area contributed by atoms with Crippen LogP contribution in [0.4, 0.5) is 5.69 Å². The van der Waals surface area contributed by atoms with Gasteiger partial charge in [0.25, 0.3) is 0 Å². The third-order valence-corrected chi connectivity index (χ3v) is 2.27. The van der Waals surface area contributed by atoms with Crippen molar-refractivity contribution in [2.45, 2.75) is 26.7 Å². The van der Waals surface area contributed by atoms with Gasteiger partial charge in [-0.1, -0.05) is 25.4 Å². The predicted octanol–water partition coefficient (Wildman–Crippen LogP) is 2.31. The average Bonchev–Trinajstić information content (AvgIpc) is 2.22. The molecule has 0 spiro atoms. The molecule has 1 rings (SSSR count). The lowest BCUT2D eigenvalue weighted by Gasteiger charge is -2.14. The second kappa shape index (κ2) is 5.97. The second-order valence-electron chi connectivity index (χ2n) is 3.63. The average molecular weight is 275 g/mol. The predicted molar refractivity (Wildman–Crippen MR) is 72.7 cm³/mol. The highest BCUT2D eigenvalue weighted by molar-refractivity contribution is 7.80. The molecule has 0 aliphatic rings. The number of thiocarbonyl (C=S) groups is 1. The molecule has 0 unspecified atom stereocenters. The summed E-state index contributed by atoms with van der Waals surface area (Å²) in [6, 6.07) is 0.